The van der Waals surface area contributed by atoms with Gasteiger partial charge >= 0.3 is 0 Å². The standard InChI is InChI=1S/C10H19N3O/c1-9-7-10(12-14-9)8-11-5-4-6-13(2)3/h7,11H,4-6,8H2,1-3H3. The fourth-order valence-electron chi connectivity index (χ4n) is 1.24. The summed E-state index contributed by atoms with van der Waals surface area (Å²) in [6.07, 6.45) is 1.16. The van der Waals surface area contributed by atoms with Crippen molar-refractivity contribution in [1.29, 1.82) is 0 Å². The van der Waals surface area contributed by atoms with Crippen LogP contribution in [0.2, 0.25) is 0 Å². The molecule has 0 atom stereocenters. The van der Waals surface area contributed by atoms with E-state index in [1.165, 1.54) is 0 Å². The second-order valence-electron chi connectivity index (χ2n) is 3.76. The first-order chi connectivity index (χ1) is 6.68. The van der Waals surface area contributed by atoms with E-state index in [2.05, 4.69) is 29.5 Å². The molecule has 4 heteroatoms. The molecule has 0 bridgehead atoms. The molecule has 0 radical (unpaired) electrons. The Morgan fingerprint density at radius 3 is 2.86 bits per heavy atom. The van der Waals surface area contributed by atoms with Crippen molar-refractivity contribution in [3.8, 4) is 0 Å². The van der Waals surface area contributed by atoms with Crippen LogP contribution in [-0.4, -0.2) is 37.2 Å². The molecule has 0 saturated heterocycles. The smallest absolute Gasteiger partial charge is 0.133 e. The van der Waals surface area contributed by atoms with E-state index in [1.807, 2.05) is 13.0 Å². The molecule has 0 spiro atoms. The van der Waals surface area contributed by atoms with Crippen molar-refractivity contribution in [1.82, 2.24) is 15.4 Å². The molecule has 0 aliphatic heterocycles. The van der Waals surface area contributed by atoms with E-state index in [0.717, 1.165) is 37.5 Å². The summed E-state index contributed by atoms with van der Waals surface area (Å²) in [6, 6.07) is 1.96. The molecule has 4 nitrogen and oxygen atoms in total. The summed E-state index contributed by atoms with van der Waals surface area (Å²) in [5, 5.41) is 7.22. The Labute approximate surface area is 85.3 Å². The normalized spacial score (nSPS) is 11.1. The van der Waals surface area contributed by atoms with Gasteiger partial charge in [-0.15, -0.1) is 0 Å². The average molecular weight is 197 g/mol. The van der Waals surface area contributed by atoms with Gasteiger partial charge in [0, 0.05) is 12.6 Å². The lowest BCUT2D eigenvalue weighted by atomic mass is 10.3. The Bertz CT molecular complexity index is 258. The van der Waals surface area contributed by atoms with Gasteiger partial charge in [-0.2, -0.15) is 0 Å². The van der Waals surface area contributed by atoms with Gasteiger partial charge in [-0.05, 0) is 40.5 Å². The topological polar surface area (TPSA) is 41.3 Å². The predicted octanol–water partition coefficient (Wildman–Crippen LogP) is 1.02. The van der Waals surface area contributed by atoms with Crippen molar-refractivity contribution in [2.75, 3.05) is 27.2 Å². The zero-order chi connectivity index (χ0) is 10.4. The minimum absolute atomic E-state index is 0.796. The molecule has 1 aromatic heterocycles. The van der Waals surface area contributed by atoms with E-state index < -0.39 is 0 Å². The predicted molar refractivity (Wildman–Crippen MR) is 56.1 cm³/mol. The molecule has 0 aromatic carbocycles. The van der Waals surface area contributed by atoms with Crippen molar-refractivity contribution in [2.24, 2.45) is 0 Å². The zero-order valence-corrected chi connectivity index (χ0v) is 9.21. The Hall–Kier alpha value is -0.870. The number of nitrogens with zero attached hydrogens (tertiary/aromatic N) is 2. The van der Waals surface area contributed by atoms with Crippen LogP contribution in [0.1, 0.15) is 17.9 Å². The van der Waals surface area contributed by atoms with Crippen LogP contribution >= 0.6 is 0 Å². The van der Waals surface area contributed by atoms with Crippen LogP contribution < -0.4 is 5.32 Å². The lowest BCUT2D eigenvalue weighted by Gasteiger charge is -2.08. The van der Waals surface area contributed by atoms with Crippen LogP contribution in [-0.2, 0) is 6.54 Å². The van der Waals surface area contributed by atoms with E-state index in [9.17, 15) is 0 Å². The van der Waals surface area contributed by atoms with Gasteiger partial charge in [-0.1, -0.05) is 5.16 Å². The van der Waals surface area contributed by atoms with Crippen molar-refractivity contribution < 1.29 is 4.52 Å². The fraction of sp³-hybridized carbons (Fsp3) is 0.700. The van der Waals surface area contributed by atoms with E-state index >= 15 is 0 Å². The van der Waals surface area contributed by atoms with Gasteiger partial charge in [-0.3, -0.25) is 0 Å². The number of aromatic nitrogens is 1. The molecule has 0 unspecified atom stereocenters. The Balaban J connectivity index is 2.04. The maximum atomic E-state index is 4.96. The van der Waals surface area contributed by atoms with Crippen LogP contribution in [0.5, 0.6) is 0 Å². The molecular formula is C10H19N3O. The van der Waals surface area contributed by atoms with Crippen molar-refractivity contribution >= 4 is 0 Å². The molecule has 0 saturated carbocycles. The second kappa shape index (κ2) is 5.78. The largest absolute Gasteiger partial charge is 0.361 e. The summed E-state index contributed by atoms with van der Waals surface area (Å²) >= 11 is 0. The summed E-state index contributed by atoms with van der Waals surface area (Å²) in [7, 11) is 4.17. The number of rotatable bonds is 6. The Kier molecular flexibility index (Phi) is 4.62. The molecule has 14 heavy (non-hydrogen) atoms. The Morgan fingerprint density at radius 2 is 2.29 bits per heavy atom. The first-order valence-corrected chi connectivity index (χ1v) is 4.96. The number of nitrogens with one attached hydrogen (secondary N) is 1. The van der Waals surface area contributed by atoms with E-state index in [1.54, 1.807) is 0 Å². The van der Waals surface area contributed by atoms with Gasteiger partial charge < -0.3 is 14.7 Å². The maximum Gasteiger partial charge on any atom is 0.133 e. The highest BCUT2D eigenvalue weighted by molar-refractivity contribution is 5.02. The summed E-state index contributed by atoms with van der Waals surface area (Å²) in [4.78, 5) is 2.18. The van der Waals surface area contributed by atoms with Gasteiger partial charge in [-0.25, -0.2) is 0 Å². The first-order valence-electron chi connectivity index (χ1n) is 4.96. The monoisotopic (exact) mass is 197 g/mol. The van der Waals surface area contributed by atoms with Gasteiger partial charge in [0.15, 0.2) is 0 Å². The lowest BCUT2D eigenvalue weighted by Crippen LogP contribution is -2.21. The molecule has 1 rings (SSSR count). The van der Waals surface area contributed by atoms with Crippen molar-refractivity contribution in [3.05, 3.63) is 17.5 Å². The molecular weight excluding hydrogens is 178 g/mol. The van der Waals surface area contributed by atoms with Crippen LogP contribution in [0.15, 0.2) is 10.6 Å². The fourth-order valence-corrected chi connectivity index (χ4v) is 1.24. The number of hydrogen-bond acceptors (Lipinski definition) is 4. The minimum Gasteiger partial charge on any atom is -0.361 e. The van der Waals surface area contributed by atoms with E-state index in [0.29, 0.717) is 0 Å². The number of aryl methyl sites for hydroxylation is 1. The highest BCUT2D eigenvalue weighted by atomic mass is 16.5. The molecule has 0 amide bonds. The highest BCUT2D eigenvalue weighted by Gasteiger charge is 1.98. The first kappa shape index (κ1) is 11.2. The summed E-state index contributed by atoms with van der Waals surface area (Å²) < 4.78 is 4.96. The Morgan fingerprint density at radius 1 is 1.50 bits per heavy atom. The van der Waals surface area contributed by atoms with Crippen LogP contribution in [0.4, 0.5) is 0 Å². The van der Waals surface area contributed by atoms with Crippen molar-refractivity contribution in [2.45, 2.75) is 19.9 Å². The lowest BCUT2D eigenvalue weighted by molar-refractivity contribution is 0.382. The third-order valence-corrected chi connectivity index (χ3v) is 1.94. The molecule has 1 heterocycles. The van der Waals surface area contributed by atoms with Gasteiger partial charge in [0.05, 0.1) is 5.69 Å². The van der Waals surface area contributed by atoms with Crippen molar-refractivity contribution in [3.63, 3.8) is 0 Å². The molecule has 1 N–H and O–H groups in total. The SMILES string of the molecule is Cc1cc(CNCCCN(C)C)no1. The minimum atomic E-state index is 0.796. The molecule has 0 aliphatic rings. The van der Waals surface area contributed by atoms with E-state index in [-0.39, 0.29) is 0 Å². The summed E-state index contributed by atoms with van der Waals surface area (Å²) in [5.41, 5.74) is 0.979. The van der Waals surface area contributed by atoms with Crippen LogP contribution in [0.3, 0.4) is 0 Å². The third-order valence-electron chi connectivity index (χ3n) is 1.94. The number of hydrogen-bond donors (Lipinski definition) is 1. The molecule has 80 valence electrons. The molecule has 1 aromatic rings. The van der Waals surface area contributed by atoms with Crippen LogP contribution in [0.25, 0.3) is 0 Å². The van der Waals surface area contributed by atoms with Gasteiger partial charge in [0.25, 0.3) is 0 Å². The van der Waals surface area contributed by atoms with E-state index in [4.69, 9.17) is 4.52 Å². The van der Waals surface area contributed by atoms with Crippen LogP contribution in [0, 0.1) is 6.92 Å². The second-order valence-corrected chi connectivity index (χ2v) is 3.76. The zero-order valence-electron chi connectivity index (χ0n) is 9.21. The van der Waals surface area contributed by atoms with Gasteiger partial charge in [0.2, 0.25) is 0 Å². The quantitative estimate of drug-likeness (QED) is 0.691. The average Bonchev–Trinajstić information content (AvgIpc) is 2.50. The summed E-state index contributed by atoms with van der Waals surface area (Å²) in [6.45, 7) is 4.84. The molecule has 0 fully saturated rings. The summed E-state index contributed by atoms with van der Waals surface area (Å²) in [5.74, 6) is 0.870. The highest BCUT2D eigenvalue weighted by Crippen LogP contribution is 2.00. The molecule has 0 aliphatic carbocycles. The third kappa shape index (κ3) is 4.39. The maximum absolute atomic E-state index is 4.96. The van der Waals surface area contributed by atoms with Gasteiger partial charge in [0.1, 0.15) is 5.76 Å².